The minimum atomic E-state index is -0.497. The summed E-state index contributed by atoms with van der Waals surface area (Å²) in [4.78, 5) is 3.86. The van der Waals surface area contributed by atoms with Crippen molar-refractivity contribution >= 4 is 34.7 Å². The standard InChI is InChI=1S/C8H7Cl2FN2/c1-4(12)13-8-6(9)2-5(11)3-7(8)10/h2-3H,1H3,(H2,12,13). The van der Waals surface area contributed by atoms with Crippen LogP contribution in [0.25, 0.3) is 0 Å². The molecule has 0 spiro atoms. The highest BCUT2D eigenvalue weighted by atomic mass is 35.5. The first-order chi connectivity index (χ1) is 6.00. The van der Waals surface area contributed by atoms with E-state index in [0.29, 0.717) is 11.5 Å². The van der Waals surface area contributed by atoms with Gasteiger partial charge in [0.15, 0.2) is 0 Å². The lowest BCUT2D eigenvalue weighted by Gasteiger charge is -2.01. The summed E-state index contributed by atoms with van der Waals surface area (Å²) in [5, 5.41) is 0.296. The molecule has 2 N–H and O–H groups in total. The number of hydrogen-bond acceptors (Lipinski definition) is 1. The average Bonchev–Trinajstić information content (AvgIpc) is 1.96. The maximum atomic E-state index is 12.7. The molecular weight excluding hydrogens is 214 g/mol. The summed E-state index contributed by atoms with van der Waals surface area (Å²) >= 11 is 11.4. The van der Waals surface area contributed by atoms with Crippen LogP contribution >= 0.6 is 23.2 Å². The lowest BCUT2D eigenvalue weighted by Crippen LogP contribution is -2.04. The van der Waals surface area contributed by atoms with Gasteiger partial charge in [-0.05, 0) is 19.1 Å². The molecule has 5 heteroatoms. The first-order valence-electron chi connectivity index (χ1n) is 3.46. The highest BCUT2D eigenvalue weighted by molar-refractivity contribution is 6.38. The molecule has 13 heavy (non-hydrogen) atoms. The highest BCUT2D eigenvalue weighted by Crippen LogP contribution is 2.33. The molecule has 0 bridgehead atoms. The predicted molar refractivity (Wildman–Crippen MR) is 53.4 cm³/mol. The minimum Gasteiger partial charge on any atom is -0.387 e. The Morgan fingerprint density at radius 1 is 1.38 bits per heavy atom. The zero-order valence-electron chi connectivity index (χ0n) is 6.81. The fourth-order valence-corrected chi connectivity index (χ4v) is 1.36. The predicted octanol–water partition coefficient (Wildman–Crippen LogP) is 3.14. The zero-order chi connectivity index (χ0) is 10.0. The van der Waals surface area contributed by atoms with Crippen LogP contribution in [0.15, 0.2) is 17.1 Å². The SMILES string of the molecule is CC(N)=Nc1c(Cl)cc(F)cc1Cl. The molecule has 0 saturated carbocycles. The molecule has 0 aliphatic carbocycles. The molecule has 1 rings (SSSR count). The molecule has 0 unspecified atom stereocenters. The second-order valence-electron chi connectivity index (χ2n) is 2.47. The van der Waals surface area contributed by atoms with E-state index in [-0.39, 0.29) is 10.0 Å². The summed E-state index contributed by atoms with van der Waals surface area (Å²) in [6.45, 7) is 1.59. The Kier molecular flexibility index (Phi) is 3.12. The highest BCUT2D eigenvalue weighted by Gasteiger charge is 2.06. The van der Waals surface area contributed by atoms with Crippen molar-refractivity contribution in [1.82, 2.24) is 0 Å². The molecule has 1 aromatic carbocycles. The number of nitrogens with two attached hydrogens (primary N) is 1. The van der Waals surface area contributed by atoms with Gasteiger partial charge in [-0.3, -0.25) is 0 Å². The summed E-state index contributed by atoms with van der Waals surface area (Å²) < 4.78 is 12.7. The lowest BCUT2D eigenvalue weighted by atomic mass is 10.3. The lowest BCUT2D eigenvalue weighted by molar-refractivity contribution is 0.628. The van der Waals surface area contributed by atoms with E-state index < -0.39 is 5.82 Å². The summed E-state index contributed by atoms with van der Waals surface area (Å²) in [5.74, 6) is -0.181. The number of amidine groups is 1. The van der Waals surface area contributed by atoms with E-state index in [1.807, 2.05) is 0 Å². The van der Waals surface area contributed by atoms with Crippen LogP contribution in [0.1, 0.15) is 6.92 Å². The van der Waals surface area contributed by atoms with E-state index in [1.165, 1.54) is 0 Å². The molecule has 0 aliphatic rings. The first-order valence-corrected chi connectivity index (χ1v) is 4.21. The first kappa shape index (κ1) is 10.3. The zero-order valence-corrected chi connectivity index (χ0v) is 8.33. The van der Waals surface area contributed by atoms with E-state index in [9.17, 15) is 4.39 Å². The smallest absolute Gasteiger partial charge is 0.126 e. The van der Waals surface area contributed by atoms with Gasteiger partial charge in [0.25, 0.3) is 0 Å². The van der Waals surface area contributed by atoms with Crippen molar-refractivity contribution in [3.05, 3.63) is 28.0 Å². The Morgan fingerprint density at radius 3 is 2.23 bits per heavy atom. The van der Waals surface area contributed by atoms with Gasteiger partial charge in [0, 0.05) is 0 Å². The largest absolute Gasteiger partial charge is 0.387 e. The molecular formula is C8H7Cl2FN2. The van der Waals surface area contributed by atoms with Crippen molar-refractivity contribution in [2.24, 2.45) is 10.7 Å². The van der Waals surface area contributed by atoms with Crippen LogP contribution in [0.3, 0.4) is 0 Å². The Bertz CT molecular complexity index is 336. The maximum absolute atomic E-state index is 12.7. The molecule has 0 heterocycles. The fourth-order valence-electron chi connectivity index (χ4n) is 0.818. The molecule has 1 aromatic rings. The van der Waals surface area contributed by atoms with Crippen LogP contribution in [0, 0.1) is 5.82 Å². The van der Waals surface area contributed by atoms with Gasteiger partial charge >= 0.3 is 0 Å². The normalized spacial score (nSPS) is 11.8. The van der Waals surface area contributed by atoms with Crippen molar-refractivity contribution in [3.8, 4) is 0 Å². The second-order valence-corrected chi connectivity index (χ2v) is 3.29. The molecule has 0 aromatic heterocycles. The molecule has 0 atom stereocenters. The van der Waals surface area contributed by atoms with Crippen LogP contribution in [0.2, 0.25) is 10.0 Å². The Labute approximate surface area is 85.2 Å². The molecule has 0 amide bonds. The van der Waals surface area contributed by atoms with Gasteiger partial charge in [-0.2, -0.15) is 0 Å². The van der Waals surface area contributed by atoms with Gasteiger partial charge in [-0.25, -0.2) is 9.38 Å². The number of aliphatic imine (C=N–C) groups is 1. The van der Waals surface area contributed by atoms with Crippen molar-refractivity contribution < 1.29 is 4.39 Å². The van der Waals surface area contributed by atoms with Crippen LogP contribution < -0.4 is 5.73 Å². The Balaban J connectivity index is 3.29. The monoisotopic (exact) mass is 220 g/mol. The van der Waals surface area contributed by atoms with Gasteiger partial charge in [0.05, 0.1) is 15.9 Å². The average molecular weight is 221 g/mol. The summed E-state index contributed by atoms with van der Waals surface area (Å²) in [7, 11) is 0. The number of rotatable bonds is 1. The quantitative estimate of drug-likeness (QED) is 0.574. The Hall–Kier alpha value is -0.800. The van der Waals surface area contributed by atoms with Crippen LogP contribution in [0.4, 0.5) is 10.1 Å². The van der Waals surface area contributed by atoms with Gasteiger partial charge < -0.3 is 5.73 Å². The van der Waals surface area contributed by atoms with Crippen LogP contribution in [-0.4, -0.2) is 5.84 Å². The molecule has 0 saturated heterocycles. The minimum absolute atomic E-state index is 0.148. The van der Waals surface area contributed by atoms with E-state index in [0.717, 1.165) is 12.1 Å². The second kappa shape index (κ2) is 3.94. The van der Waals surface area contributed by atoms with Gasteiger partial charge in [0.1, 0.15) is 11.5 Å². The Morgan fingerprint density at radius 2 is 1.85 bits per heavy atom. The van der Waals surface area contributed by atoms with E-state index >= 15 is 0 Å². The van der Waals surface area contributed by atoms with Crippen molar-refractivity contribution in [2.45, 2.75) is 6.92 Å². The van der Waals surface area contributed by atoms with Crippen molar-refractivity contribution in [2.75, 3.05) is 0 Å². The van der Waals surface area contributed by atoms with E-state index in [2.05, 4.69) is 4.99 Å². The molecule has 70 valence electrons. The van der Waals surface area contributed by atoms with Crippen LogP contribution in [0.5, 0.6) is 0 Å². The van der Waals surface area contributed by atoms with Crippen molar-refractivity contribution in [3.63, 3.8) is 0 Å². The van der Waals surface area contributed by atoms with Crippen molar-refractivity contribution in [1.29, 1.82) is 0 Å². The number of nitrogens with zero attached hydrogens (tertiary/aromatic N) is 1. The summed E-state index contributed by atoms with van der Waals surface area (Å²) in [6.07, 6.45) is 0. The van der Waals surface area contributed by atoms with Crippen LogP contribution in [-0.2, 0) is 0 Å². The molecule has 0 fully saturated rings. The van der Waals surface area contributed by atoms with Gasteiger partial charge in [0.2, 0.25) is 0 Å². The topological polar surface area (TPSA) is 38.4 Å². The summed E-state index contributed by atoms with van der Waals surface area (Å²) in [5.41, 5.74) is 5.64. The van der Waals surface area contributed by atoms with Gasteiger partial charge in [-0.1, -0.05) is 23.2 Å². The van der Waals surface area contributed by atoms with Gasteiger partial charge in [-0.15, -0.1) is 0 Å². The number of hydrogen-bond donors (Lipinski definition) is 1. The van der Waals surface area contributed by atoms with E-state index in [4.69, 9.17) is 28.9 Å². The number of benzene rings is 1. The summed E-state index contributed by atoms with van der Waals surface area (Å²) in [6, 6.07) is 2.27. The molecule has 2 nitrogen and oxygen atoms in total. The molecule has 0 radical (unpaired) electrons. The third-order valence-corrected chi connectivity index (χ3v) is 1.85. The fraction of sp³-hybridized carbons (Fsp3) is 0.125. The molecule has 0 aliphatic heterocycles. The third kappa shape index (κ3) is 2.57. The van der Waals surface area contributed by atoms with E-state index in [1.54, 1.807) is 6.92 Å². The maximum Gasteiger partial charge on any atom is 0.126 e. The number of halogens is 3. The third-order valence-electron chi connectivity index (χ3n) is 1.27.